The Balaban J connectivity index is 3.23. The maximum absolute atomic E-state index is 10.9. The first-order valence-electron chi connectivity index (χ1n) is 4.12. The van der Waals surface area contributed by atoms with Gasteiger partial charge in [0, 0.05) is 12.3 Å². The lowest BCUT2D eigenvalue weighted by atomic mass is 10.5. The first-order valence-corrected chi connectivity index (χ1v) is 5.28. The second-order valence-electron chi connectivity index (χ2n) is 2.64. The maximum atomic E-state index is 10.9. The first kappa shape index (κ1) is 12.2. The molecule has 0 saturated carbocycles. The van der Waals surface area contributed by atoms with Gasteiger partial charge in [0.1, 0.15) is 0 Å². The van der Waals surface area contributed by atoms with Crippen LogP contribution in [0.2, 0.25) is 0 Å². The minimum atomic E-state index is -0.365. The van der Waals surface area contributed by atoms with Gasteiger partial charge in [0.2, 0.25) is 0 Å². The Morgan fingerprint density at radius 1 is 1.69 bits per heavy atom. The van der Waals surface area contributed by atoms with E-state index in [1.54, 1.807) is 11.8 Å². The Morgan fingerprint density at radius 3 is 2.92 bits per heavy atom. The van der Waals surface area contributed by atoms with Crippen LogP contribution in [0.25, 0.3) is 0 Å². The van der Waals surface area contributed by atoms with Gasteiger partial charge in [0.25, 0.3) is 0 Å². The van der Waals surface area contributed by atoms with Gasteiger partial charge in [-0.3, -0.25) is 0 Å². The number of carbonyl (C=O) groups excluding carboxylic acids is 1. The van der Waals surface area contributed by atoms with Crippen molar-refractivity contribution in [3.8, 4) is 12.3 Å². The number of amides is 1. The van der Waals surface area contributed by atoms with Crippen molar-refractivity contribution < 1.29 is 9.53 Å². The normalized spacial score (nSPS) is 9.38. The van der Waals surface area contributed by atoms with E-state index in [9.17, 15) is 4.79 Å². The molecule has 0 aromatic rings. The molecular weight excluding hydrogens is 186 g/mol. The lowest BCUT2D eigenvalue weighted by Crippen LogP contribution is -2.28. The molecule has 13 heavy (non-hydrogen) atoms. The summed E-state index contributed by atoms with van der Waals surface area (Å²) in [7, 11) is 0. The second-order valence-corrected chi connectivity index (χ2v) is 3.74. The van der Waals surface area contributed by atoms with Gasteiger partial charge in [0.05, 0.1) is 11.9 Å². The van der Waals surface area contributed by atoms with Crippen LogP contribution in [-0.2, 0) is 4.74 Å². The van der Waals surface area contributed by atoms with Gasteiger partial charge < -0.3 is 10.1 Å². The summed E-state index contributed by atoms with van der Waals surface area (Å²) in [6, 6.07) is 0. The molecule has 0 unspecified atom stereocenters. The molecule has 0 aliphatic carbocycles. The highest BCUT2D eigenvalue weighted by atomic mass is 32.2. The van der Waals surface area contributed by atoms with Gasteiger partial charge in [-0.15, -0.1) is 18.2 Å². The Hall–Kier alpha value is -0.820. The van der Waals surface area contributed by atoms with Crippen LogP contribution in [0.3, 0.4) is 0 Å². The van der Waals surface area contributed by atoms with Crippen LogP contribution in [0.1, 0.15) is 13.8 Å². The van der Waals surface area contributed by atoms with Gasteiger partial charge in [-0.2, -0.15) is 0 Å². The molecule has 3 nitrogen and oxygen atoms in total. The third-order valence-electron chi connectivity index (χ3n) is 1.04. The zero-order valence-electron chi connectivity index (χ0n) is 8.00. The molecule has 4 heteroatoms. The smallest absolute Gasteiger partial charge is 0.407 e. The Kier molecular flexibility index (Phi) is 7.32. The van der Waals surface area contributed by atoms with Gasteiger partial charge in [-0.05, 0) is 13.8 Å². The lowest BCUT2D eigenvalue weighted by molar-refractivity contribution is 0.116. The molecule has 0 atom stereocenters. The number of alkyl carbamates (subject to hydrolysis) is 1. The third kappa shape index (κ3) is 9.09. The quantitative estimate of drug-likeness (QED) is 0.541. The predicted octanol–water partition coefficient (Wildman–Crippen LogP) is 1.49. The molecule has 0 fully saturated rings. The van der Waals surface area contributed by atoms with Crippen molar-refractivity contribution in [2.75, 3.05) is 18.1 Å². The van der Waals surface area contributed by atoms with E-state index < -0.39 is 0 Å². The van der Waals surface area contributed by atoms with E-state index in [2.05, 4.69) is 11.2 Å². The predicted molar refractivity (Wildman–Crippen MR) is 55.8 cm³/mol. The minimum absolute atomic E-state index is 0.0710. The number of rotatable bonds is 5. The SMILES string of the molecule is C#CCSCCNC(=O)OC(C)C. The summed E-state index contributed by atoms with van der Waals surface area (Å²) in [4.78, 5) is 10.9. The van der Waals surface area contributed by atoms with Crippen LogP contribution in [0.5, 0.6) is 0 Å². The van der Waals surface area contributed by atoms with E-state index in [1.165, 1.54) is 0 Å². The molecule has 0 aliphatic heterocycles. The second kappa shape index (κ2) is 7.81. The molecular formula is C9H15NO2S. The number of hydrogen-bond donors (Lipinski definition) is 1. The summed E-state index contributed by atoms with van der Waals surface area (Å²) in [5.74, 6) is 4.01. The molecule has 0 rings (SSSR count). The molecule has 0 bridgehead atoms. The number of ether oxygens (including phenoxy) is 1. The van der Waals surface area contributed by atoms with Crippen molar-refractivity contribution in [2.24, 2.45) is 0 Å². The third-order valence-corrected chi connectivity index (χ3v) is 1.91. The van der Waals surface area contributed by atoms with Crippen molar-refractivity contribution in [2.45, 2.75) is 20.0 Å². The lowest BCUT2D eigenvalue weighted by Gasteiger charge is -2.08. The fourth-order valence-corrected chi connectivity index (χ4v) is 1.12. The van der Waals surface area contributed by atoms with E-state index in [-0.39, 0.29) is 12.2 Å². The van der Waals surface area contributed by atoms with Crippen molar-refractivity contribution in [1.29, 1.82) is 0 Å². The van der Waals surface area contributed by atoms with Crippen LogP contribution < -0.4 is 5.32 Å². The number of nitrogens with one attached hydrogen (secondary N) is 1. The molecule has 74 valence electrons. The summed E-state index contributed by atoms with van der Waals surface area (Å²) in [5.41, 5.74) is 0. The molecule has 0 saturated heterocycles. The number of terminal acetylenes is 1. The average molecular weight is 201 g/mol. The van der Waals surface area contributed by atoms with Crippen molar-refractivity contribution in [1.82, 2.24) is 5.32 Å². The fourth-order valence-electron chi connectivity index (χ4n) is 0.612. The highest BCUT2D eigenvalue weighted by Crippen LogP contribution is 1.95. The largest absolute Gasteiger partial charge is 0.447 e. The van der Waals surface area contributed by atoms with Gasteiger partial charge in [-0.25, -0.2) is 4.79 Å². The van der Waals surface area contributed by atoms with E-state index in [0.717, 1.165) is 5.75 Å². The zero-order chi connectivity index (χ0) is 10.1. The van der Waals surface area contributed by atoms with Crippen LogP contribution in [-0.4, -0.2) is 30.2 Å². The maximum Gasteiger partial charge on any atom is 0.407 e. The molecule has 1 N–H and O–H groups in total. The summed E-state index contributed by atoms with van der Waals surface area (Å²) < 4.78 is 4.86. The Labute approximate surface area is 83.6 Å². The van der Waals surface area contributed by atoms with Gasteiger partial charge >= 0.3 is 6.09 Å². The topological polar surface area (TPSA) is 38.3 Å². The zero-order valence-corrected chi connectivity index (χ0v) is 8.82. The van der Waals surface area contributed by atoms with E-state index in [4.69, 9.17) is 11.2 Å². The van der Waals surface area contributed by atoms with E-state index in [0.29, 0.717) is 12.3 Å². The Morgan fingerprint density at radius 2 is 2.38 bits per heavy atom. The number of carbonyl (C=O) groups is 1. The summed E-state index contributed by atoms with van der Waals surface area (Å²) in [6.07, 6.45) is 4.62. The summed E-state index contributed by atoms with van der Waals surface area (Å²) in [5, 5.41) is 2.62. The summed E-state index contributed by atoms with van der Waals surface area (Å²) >= 11 is 1.61. The van der Waals surface area contributed by atoms with Crippen LogP contribution in [0, 0.1) is 12.3 Å². The van der Waals surface area contributed by atoms with Crippen molar-refractivity contribution >= 4 is 17.9 Å². The molecule has 0 aromatic carbocycles. The van der Waals surface area contributed by atoms with E-state index >= 15 is 0 Å². The highest BCUT2D eigenvalue weighted by Gasteiger charge is 2.02. The average Bonchev–Trinajstić information content (AvgIpc) is 2.02. The molecule has 0 radical (unpaired) electrons. The molecule has 1 amide bonds. The van der Waals surface area contributed by atoms with Gasteiger partial charge in [0.15, 0.2) is 0 Å². The molecule has 0 aromatic heterocycles. The molecule has 0 aliphatic rings. The number of thioether (sulfide) groups is 1. The van der Waals surface area contributed by atoms with Crippen LogP contribution in [0.15, 0.2) is 0 Å². The minimum Gasteiger partial charge on any atom is -0.447 e. The highest BCUT2D eigenvalue weighted by molar-refractivity contribution is 7.99. The monoisotopic (exact) mass is 201 g/mol. The van der Waals surface area contributed by atoms with Crippen molar-refractivity contribution in [3.63, 3.8) is 0 Å². The first-order chi connectivity index (χ1) is 6.16. The van der Waals surface area contributed by atoms with Crippen LogP contribution >= 0.6 is 11.8 Å². The summed E-state index contributed by atoms with van der Waals surface area (Å²) in [6.45, 7) is 4.22. The Bertz CT molecular complexity index is 187. The van der Waals surface area contributed by atoms with Crippen LogP contribution in [0.4, 0.5) is 4.79 Å². The van der Waals surface area contributed by atoms with E-state index in [1.807, 2.05) is 13.8 Å². The standard InChI is InChI=1S/C9H15NO2S/c1-4-6-13-7-5-10-9(11)12-8(2)3/h1,8H,5-7H2,2-3H3,(H,10,11). The van der Waals surface area contributed by atoms with Gasteiger partial charge in [-0.1, -0.05) is 5.92 Å². The fraction of sp³-hybridized carbons (Fsp3) is 0.667. The number of hydrogen-bond acceptors (Lipinski definition) is 3. The van der Waals surface area contributed by atoms with Crippen molar-refractivity contribution in [3.05, 3.63) is 0 Å². The molecule has 0 spiro atoms. The molecule has 0 heterocycles.